The first-order chi connectivity index (χ1) is 21.2. The average Bonchev–Trinajstić information content (AvgIpc) is 2.86. The predicted molar refractivity (Wildman–Crippen MR) is 118 cm³/mol. The first-order valence-electron chi connectivity index (χ1n) is 18.5. The number of benzene rings is 1. The lowest BCUT2D eigenvalue weighted by Crippen LogP contribution is -2.51. The molecule has 0 aliphatic carbocycles. The Hall–Kier alpha value is -1.79. The third kappa shape index (κ3) is 4.75. The third-order valence-corrected chi connectivity index (χ3v) is 4.58. The summed E-state index contributed by atoms with van der Waals surface area (Å²) >= 11 is 0. The summed E-state index contributed by atoms with van der Waals surface area (Å²) in [5.74, 6) is -8.37. The number of carbonyl (C=O) groups is 1. The normalized spacial score (nSPS) is 46.2. The number of esters is 1. The maximum Gasteiger partial charge on any atom is 0.323 e. The Morgan fingerprint density at radius 1 is 1.33 bits per heavy atom. The van der Waals surface area contributed by atoms with E-state index in [2.05, 4.69) is 0 Å². The molecule has 0 saturated carbocycles. The highest BCUT2D eigenvalue weighted by atomic mass is 16.5. The fourth-order valence-corrected chi connectivity index (χ4v) is 2.95. The highest BCUT2D eigenvalue weighted by Crippen LogP contribution is 2.44. The SMILES string of the molecule is [2H]c1c(OC([2H])([2H])[2H])c(OC([2H])([2H])[2H])c([2H])c2c1C([2H])([2H])C([2H])([2H])N1C([2H])([2H])C([2H])(CC(C)C)C(OC(=O)[C@@H](N)C(C)C)C([2H])([2H])C21[2H]. The van der Waals surface area contributed by atoms with E-state index in [1.54, 1.807) is 0 Å². The summed E-state index contributed by atoms with van der Waals surface area (Å²) in [5.41, 5.74) is 3.23. The number of nitrogens with two attached hydrogens (primary N) is 1. The summed E-state index contributed by atoms with van der Waals surface area (Å²) in [4.78, 5) is 13.0. The van der Waals surface area contributed by atoms with Crippen molar-refractivity contribution in [3.05, 3.63) is 23.2 Å². The van der Waals surface area contributed by atoms with Gasteiger partial charge in [-0.15, -0.1) is 0 Å². The highest BCUT2D eigenvalue weighted by molar-refractivity contribution is 5.76. The van der Waals surface area contributed by atoms with Crippen LogP contribution in [0.5, 0.6) is 11.5 Å². The topological polar surface area (TPSA) is 74.0 Å². The maximum absolute atomic E-state index is 13.2. The van der Waals surface area contributed by atoms with Crippen LogP contribution in [0.4, 0.5) is 0 Å². The second kappa shape index (κ2) is 9.56. The number of hydrogen-bond acceptors (Lipinski definition) is 6. The van der Waals surface area contributed by atoms with Crippen LogP contribution < -0.4 is 15.2 Å². The van der Waals surface area contributed by atoms with Gasteiger partial charge in [0.2, 0.25) is 0 Å². The molecule has 3 unspecified atom stereocenters. The Bertz CT molecular complexity index is 1450. The number of nitrogens with zero attached hydrogens (tertiary/aromatic N) is 1. The summed E-state index contributed by atoms with van der Waals surface area (Å²) in [6, 6.07) is -8.10. The average molecular weight is 437 g/mol. The molecule has 0 aromatic heterocycles. The van der Waals surface area contributed by atoms with E-state index in [9.17, 15) is 13.0 Å². The minimum Gasteiger partial charge on any atom is -0.493 e. The molecule has 6 nitrogen and oxygen atoms in total. The van der Waals surface area contributed by atoms with Gasteiger partial charge in [-0.25, -0.2) is 0 Å². The number of methoxy groups -OCH3 is 2. The van der Waals surface area contributed by atoms with Crippen molar-refractivity contribution in [2.24, 2.45) is 23.5 Å². The van der Waals surface area contributed by atoms with E-state index in [0.717, 1.165) is 0 Å². The molecule has 2 N–H and O–H groups in total. The molecule has 0 radical (unpaired) electrons. The van der Waals surface area contributed by atoms with E-state index in [1.165, 1.54) is 27.7 Å². The second-order valence-electron chi connectivity index (χ2n) is 7.75. The van der Waals surface area contributed by atoms with Crippen molar-refractivity contribution >= 4 is 5.97 Å². The molecule has 2 aliphatic heterocycles. The van der Waals surface area contributed by atoms with Crippen molar-refractivity contribution < 1.29 is 43.7 Å². The van der Waals surface area contributed by atoms with Crippen LogP contribution in [0.15, 0.2) is 12.1 Å². The molecule has 4 atom stereocenters. The molecule has 1 aromatic rings. The van der Waals surface area contributed by atoms with E-state index in [1.807, 2.05) is 0 Å². The van der Waals surface area contributed by atoms with Crippen LogP contribution in [0, 0.1) is 17.7 Å². The van der Waals surface area contributed by atoms with Gasteiger partial charge in [-0.3, -0.25) is 9.69 Å². The smallest absolute Gasteiger partial charge is 0.323 e. The zero-order chi connectivity index (χ0) is 37.8. The first kappa shape index (κ1) is 8.99. The number of hydrogen-bond donors (Lipinski definition) is 1. The van der Waals surface area contributed by atoms with E-state index < -0.39 is 123 Å². The van der Waals surface area contributed by atoms with Crippen LogP contribution in [0.1, 0.15) is 82.3 Å². The van der Waals surface area contributed by atoms with Gasteiger partial charge in [0.25, 0.3) is 0 Å². The molecule has 30 heavy (non-hydrogen) atoms. The molecule has 0 amide bonds. The minimum atomic E-state index is -3.88. The number of piperidine rings is 1. The summed E-state index contributed by atoms with van der Waals surface area (Å²) in [6.45, 7) is -1.49. The van der Waals surface area contributed by atoms with Gasteiger partial charge < -0.3 is 19.9 Å². The van der Waals surface area contributed by atoms with Crippen LogP contribution in [0.3, 0.4) is 0 Å². The van der Waals surface area contributed by atoms with Gasteiger partial charge in [-0.05, 0) is 47.8 Å². The van der Waals surface area contributed by atoms with Crippen molar-refractivity contribution in [3.8, 4) is 11.5 Å². The molecule has 1 aromatic carbocycles. The standard InChI is InChI=1S/C24H38N2O4/c1-14(2)9-17-13-26-8-7-16-10-21(28-5)22(29-6)11-18(16)19(26)12-20(17)30-24(27)23(25)15(3)4/h10-11,14-15,17,19-20,23H,7-9,12-13,25H2,1-6H3/t17?,19?,20?,23-/m0/s1/i5D3,6D3,7D2,8D2,10D,11D,12D2,13D2,17D,19D. The molecule has 6 heteroatoms. The zero-order valence-corrected chi connectivity index (χ0v) is 17.2. The van der Waals surface area contributed by atoms with Gasteiger partial charge in [-0.2, -0.15) is 0 Å². The van der Waals surface area contributed by atoms with Crippen molar-refractivity contribution in [2.45, 2.75) is 65.0 Å². The second-order valence-corrected chi connectivity index (χ2v) is 7.75. The van der Waals surface area contributed by atoms with Gasteiger partial charge in [0.05, 0.1) is 26.4 Å². The maximum atomic E-state index is 13.2. The molecule has 1 saturated heterocycles. The molecular formula is C24H38N2O4. The van der Waals surface area contributed by atoms with Crippen molar-refractivity contribution in [1.29, 1.82) is 0 Å². The van der Waals surface area contributed by atoms with Crippen LogP contribution in [0.2, 0.25) is 0 Å². The molecule has 168 valence electrons. The Balaban J connectivity index is 2.66. The monoisotopic (exact) mass is 436 g/mol. The molecule has 1 fully saturated rings. The van der Waals surface area contributed by atoms with Gasteiger partial charge in [-0.1, -0.05) is 27.7 Å². The zero-order valence-electron chi connectivity index (χ0n) is 35.2. The predicted octanol–water partition coefficient (Wildman–Crippen LogP) is 3.56. The van der Waals surface area contributed by atoms with Crippen molar-refractivity contribution in [3.63, 3.8) is 0 Å². The van der Waals surface area contributed by atoms with Crippen LogP contribution in [0.25, 0.3) is 0 Å². The lowest BCUT2D eigenvalue weighted by atomic mass is 9.79. The van der Waals surface area contributed by atoms with E-state index in [-0.39, 0.29) is 4.90 Å². The Morgan fingerprint density at radius 2 is 2.03 bits per heavy atom. The number of fused-ring (bicyclic) bond motifs is 3. The minimum absolute atomic E-state index is 0.238. The summed E-state index contributed by atoms with van der Waals surface area (Å²) in [7, 11) is -7.00. The van der Waals surface area contributed by atoms with Gasteiger partial charge in [0, 0.05) is 43.6 Å². The Kier molecular flexibility index (Phi) is 2.86. The number of carbonyl (C=O) groups excluding carboxylic acids is 1. The largest absolute Gasteiger partial charge is 0.493 e. The molecule has 3 rings (SSSR count). The number of rotatable bonds is 7. The van der Waals surface area contributed by atoms with E-state index >= 15 is 0 Å². The lowest BCUT2D eigenvalue weighted by Gasteiger charge is -2.47. The third-order valence-electron chi connectivity index (χ3n) is 4.58. The molecule has 0 bridgehead atoms. The van der Waals surface area contributed by atoms with Crippen LogP contribution >= 0.6 is 0 Å². The van der Waals surface area contributed by atoms with Gasteiger partial charge in [0.1, 0.15) is 12.1 Å². The summed E-state index contributed by atoms with van der Waals surface area (Å²) in [5, 5.41) is 0. The quantitative estimate of drug-likeness (QED) is 0.659. The van der Waals surface area contributed by atoms with Crippen LogP contribution in [-0.4, -0.2) is 50.1 Å². The van der Waals surface area contributed by atoms with Gasteiger partial charge >= 0.3 is 5.97 Å². The van der Waals surface area contributed by atoms with Crippen LogP contribution in [-0.2, 0) is 15.9 Å². The fourth-order valence-electron chi connectivity index (χ4n) is 2.95. The molecular weight excluding hydrogens is 380 g/mol. The van der Waals surface area contributed by atoms with Crippen molar-refractivity contribution in [2.75, 3.05) is 27.1 Å². The van der Waals surface area contributed by atoms with E-state index in [4.69, 9.17) is 36.4 Å². The summed E-state index contributed by atoms with van der Waals surface area (Å²) in [6.07, 6.45) is -10.7. The molecule has 0 spiro atoms. The van der Waals surface area contributed by atoms with Crippen molar-refractivity contribution in [1.82, 2.24) is 4.90 Å². The Morgan fingerprint density at radius 3 is 2.67 bits per heavy atom. The van der Waals surface area contributed by atoms with Gasteiger partial charge in [0.15, 0.2) is 11.5 Å². The molecule has 2 aliphatic rings. The van der Waals surface area contributed by atoms with E-state index in [0.29, 0.717) is 0 Å². The summed E-state index contributed by atoms with van der Waals surface area (Å²) < 4.78 is 169. The fraction of sp³-hybridized carbons (Fsp3) is 0.708. The lowest BCUT2D eigenvalue weighted by molar-refractivity contribution is -0.160. The first-order valence-corrected chi connectivity index (χ1v) is 9.49. The highest BCUT2D eigenvalue weighted by Gasteiger charge is 2.41. The Labute approximate surface area is 206 Å². The number of ether oxygens (including phenoxy) is 3. The molecule has 2 heterocycles.